The van der Waals surface area contributed by atoms with E-state index in [4.69, 9.17) is 4.42 Å². The lowest BCUT2D eigenvalue weighted by Gasteiger charge is -2.21. The van der Waals surface area contributed by atoms with E-state index < -0.39 is 11.8 Å². The molecule has 0 aliphatic heterocycles. The van der Waals surface area contributed by atoms with Gasteiger partial charge in [-0.15, -0.1) is 0 Å². The van der Waals surface area contributed by atoms with Crippen LogP contribution in [0.4, 0.5) is 5.69 Å². The van der Waals surface area contributed by atoms with Gasteiger partial charge in [-0.3, -0.25) is 9.36 Å². The van der Waals surface area contributed by atoms with Crippen LogP contribution in [-0.2, 0) is 4.79 Å². The number of amides is 1. The summed E-state index contributed by atoms with van der Waals surface area (Å²) >= 11 is 0. The standard InChI is InChI=1S/C17H16N2O3/c1-12(16(20)18(2)13-8-4-3-5-9-13)19-14-10-6-7-11-15(14)22-17(19)21/h3-12H,1-2H3/t12-/m1/s1. The number of carbonyl (C=O) groups excluding carboxylic acids is 1. The molecule has 0 saturated heterocycles. The zero-order valence-electron chi connectivity index (χ0n) is 12.4. The maximum absolute atomic E-state index is 12.7. The molecule has 0 aliphatic carbocycles. The molecule has 3 aromatic rings. The van der Waals surface area contributed by atoms with E-state index >= 15 is 0 Å². The summed E-state index contributed by atoms with van der Waals surface area (Å²) in [6, 6.07) is 15.7. The quantitative estimate of drug-likeness (QED) is 0.747. The summed E-state index contributed by atoms with van der Waals surface area (Å²) in [5.41, 5.74) is 1.88. The molecule has 0 aliphatic rings. The number of fused-ring (bicyclic) bond motifs is 1. The summed E-state index contributed by atoms with van der Waals surface area (Å²) in [4.78, 5) is 26.3. The number of oxazole rings is 1. The molecule has 0 bridgehead atoms. The lowest BCUT2D eigenvalue weighted by molar-refractivity contribution is -0.121. The van der Waals surface area contributed by atoms with Crippen molar-refractivity contribution in [3.8, 4) is 0 Å². The fourth-order valence-corrected chi connectivity index (χ4v) is 2.52. The maximum atomic E-state index is 12.7. The number of rotatable bonds is 3. The highest BCUT2D eigenvalue weighted by molar-refractivity contribution is 5.96. The number of para-hydroxylation sites is 3. The van der Waals surface area contributed by atoms with Crippen molar-refractivity contribution in [2.24, 2.45) is 0 Å². The first-order chi connectivity index (χ1) is 10.6. The third-order valence-corrected chi connectivity index (χ3v) is 3.74. The Morgan fingerprint density at radius 2 is 1.73 bits per heavy atom. The summed E-state index contributed by atoms with van der Waals surface area (Å²) in [6.07, 6.45) is 0. The van der Waals surface area contributed by atoms with Gasteiger partial charge in [-0.05, 0) is 31.2 Å². The fraction of sp³-hybridized carbons (Fsp3) is 0.176. The highest BCUT2D eigenvalue weighted by Gasteiger charge is 2.24. The predicted molar refractivity (Wildman–Crippen MR) is 85.0 cm³/mol. The van der Waals surface area contributed by atoms with Crippen molar-refractivity contribution in [1.29, 1.82) is 0 Å². The number of anilines is 1. The lowest BCUT2D eigenvalue weighted by Crippen LogP contribution is -2.35. The molecule has 1 aromatic heterocycles. The van der Waals surface area contributed by atoms with E-state index in [1.165, 1.54) is 4.57 Å². The largest absolute Gasteiger partial charge is 0.420 e. The molecule has 5 heteroatoms. The van der Waals surface area contributed by atoms with Crippen LogP contribution in [0.1, 0.15) is 13.0 Å². The van der Waals surface area contributed by atoms with Crippen LogP contribution in [0.2, 0.25) is 0 Å². The normalized spacial score (nSPS) is 12.3. The van der Waals surface area contributed by atoms with Gasteiger partial charge in [-0.25, -0.2) is 4.79 Å². The van der Waals surface area contributed by atoms with Crippen molar-refractivity contribution in [3.63, 3.8) is 0 Å². The smallest absolute Gasteiger partial charge is 0.408 e. The molecule has 1 atom stereocenters. The second-order valence-electron chi connectivity index (χ2n) is 5.11. The number of hydrogen-bond acceptors (Lipinski definition) is 3. The molecule has 0 fully saturated rings. The molecule has 0 unspecified atom stereocenters. The molecule has 0 spiro atoms. The van der Waals surface area contributed by atoms with Gasteiger partial charge < -0.3 is 9.32 Å². The molecular formula is C17H16N2O3. The molecule has 0 radical (unpaired) electrons. The Morgan fingerprint density at radius 1 is 1.09 bits per heavy atom. The average molecular weight is 296 g/mol. The van der Waals surface area contributed by atoms with Crippen molar-refractivity contribution in [2.75, 3.05) is 11.9 Å². The van der Waals surface area contributed by atoms with Crippen LogP contribution >= 0.6 is 0 Å². The van der Waals surface area contributed by atoms with Crippen LogP contribution in [-0.4, -0.2) is 17.5 Å². The van der Waals surface area contributed by atoms with E-state index in [2.05, 4.69) is 0 Å². The van der Waals surface area contributed by atoms with Crippen molar-refractivity contribution in [2.45, 2.75) is 13.0 Å². The highest BCUT2D eigenvalue weighted by atomic mass is 16.4. The first-order valence-electron chi connectivity index (χ1n) is 7.02. The summed E-state index contributed by atoms with van der Waals surface area (Å²) in [5.74, 6) is -0.705. The molecule has 1 heterocycles. The maximum Gasteiger partial charge on any atom is 0.420 e. The van der Waals surface area contributed by atoms with E-state index in [0.29, 0.717) is 11.1 Å². The zero-order chi connectivity index (χ0) is 15.7. The topological polar surface area (TPSA) is 55.5 Å². The monoisotopic (exact) mass is 296 g/mol. The molecule has 22 heavy (non-hydrogen) atoms. The number of carbonyl (C=O) groups is 1. The van der Waals surface area contributed by atoms with Crippen LogP contribution in [0.15, 0.2) is 63.8 Å². The Kier molecular flexibility index (Phi) is 3.55. The van der Waals surface area contributed by atoms with Crippen LogP contribution < -0.4 is 10.7 Å². The minimum absolute atomic E-state index is 0.181. The first-order valence-corrected chi connectivity index (χ1v) is 7.02. The lowest BCUT2D eigenvalue weighted by atomic mass is 10.2. The number of hydrogen-bond donors (Lipinski definition) is 0. The van der Waals surface area contributed by atoms with Crippen LogP contribution in [0.3, 0.4) is 0 Å². The van der Waals surface area contributed by atoms with Gasteiger partial charge in [0.15, 0.2) is 5.58 Å². The van der Waals surface area contributed by atoms with Gasteiger partial charge in [0, 0.05) is 12.7 Å². The Labute approximate surface area is 127 Å². The van der Waals surface area contributed by atoms with Crippen molar-refractivity contribution >= 4 is 22.7 Å². The van der Waals surface area contributed by atoms with E-state index in [9.17, 15) is 9.59 Å². The second-order valence-corrected chi connectivity index (χ2v) is 5.11. The third kappa shape index (κ3) is 2.30. The molecule has 3 rings (SSSR count). The van der Waals surface area contributed by atoms with E-state index in [0.717, 1.165) is 5.69 Å². The zero-order valence-corrected chi connectivity index (χ0v) is 12.4. The SMILES string of the molecule is C[C@H](C(=O)N(C)c1ccccc1)n1c(=O)oc2ccccc21. The molecule has 2 aromatic carbocycles. The van der Waals surface area contributed by atoms with Crippen LogP contribution in [0.5, 0.6) is 0 Å². The molecule has 112 valence electrons. The Bertz CT molecular complexity index is 864. The van der Waals surface area contributed by atoms with Crippen LogP contribution in [0.25, 0.3) is 11.1 Å². The second kappa shape index (κ2) is 5.52. The molecule has 1 amide bonds. The van der Waals surface area contributed by atoms with Gasteiger partial charge in [0.05, 0.1) is 5.52 Å². The third-order valence-electron chi connectivity index (χ3n) is 3.74. The Balaban J connectivity index is 1.99. The molecule has 0 saturated carbocycles. The number of nitrogens with zero attached hydrogens (tertiary/aromatic N) is 2. The number of aromatic nitrogens is 1. The molecular weight excluding hydrogens is 280 g/mol. The highest BCUT2D eigenvalue weighted by Crippen LogP contribution is 2.20. The Hall–Kier alpha value is -2.82. The fourth-order valence-electron chi connectivity index (χ4n) is 2.52. The van der Waals surface area contributed by atoms with Gasteiger partial charge in [-0.2, -0.15) is 0 Å². The number of benzene rings is 2. The average Bonchev–Trinajstić information content (AvgIpc) is 2.89. The van der Waals surface area contributed by atoms with E-state index in [1.807, 2.05) is 36.4 Å². The minimum atomic E-state index is -0.652. The van der Waals surface area contributed by atoms with Crippen molar-refractivity contribution in [1.82, 2.24) is 4.57 Å². The van der Waals surface area contributed by atoms with Gasteiger partial charge in [0.25, 0.3) is 0 Å². The summed E-state index contributed by atoms with van der Waals surface area (Å²) in [7, 11) is 1.70. The Morgan fingerprint density at radius 3 is 2.45 bits per heavy atom. The summed E-state index contributed by atoms with van der Waals surface area (Å²) in [5, 5.41) is 0. The molecule has 0 N–H and O–H groups in total. The van der Waals surface area contributed by atoms with Gasteiger partial charge in [0.2, 0.25) is 5.91 Å². The van der Waals surface area contributed by atoms with E-state index in [1.54, 1.807) is 37.1 Å². The van der Waals surface area contributed by atoms with Crippen LogP contribution in [0, 0.1) is 0 Å². The summed E-state index contributed by atoms with van der Waals surface area (Å²) < 4.78 is 6.58. The number of likely N-dealkylation sites (N-methyl/N-ethyl adjacent to an activating group) is 1. The summed E-state index contributed by atoms with van der Waals surface area (Å²) in [6.45, 7) is 1.70. The van der Waals surface area contributed by atoms with E-state index in [-0.39, 0.29) is 5.91 Å². The molecule has 5 nitrogen and oxygen atoms in total. The predicted octanol–water partition coefficient (Wildman–Crippen LogP) is 2.82. The van der Waals surface area contributed by atoms with Gasteiger partial charge in [0.1, 0.15) is 6.04 Å². The van der Waals surface area contributed by atoms with Gasteiger partial charge in [-0.1, -0.05) is 30.3 Å². The van der Waals surface area contributed by atoms with Gasteiger partial charge >= 0.3 is 5.76 Å². The first kappa shape index (κ1) is 14.1. The minimum Gasteiger partial charge on any atom is -0.408 e. The van der Waals surface area contributed by atoms with Crippen molar-refractivity contribution < 1.29 is 9.21 Å². The van der Waals surface area contributed by atoms with Crippen molar-refractivity contribution in [3.05, 3.63) is 65.1 Å².